The molecule has 0 unspecified atom stereocenters. The minimum atomic E-state index is -0.209. The fraction of sp³-hybridized carbons (Fsp3) is 0.118. The molecule has 5 nitrogen and oxygen atoms in total. The first-order chi connectivity index (χ1) is 11.1. The van der Waals surface area contributed by atoms with Crippen LogP contribution in [0.15, 0.2) is 54.9 Å². The van der Waals surface area contributed by atoms with E-state index in [0.717, 1.165) is 17.0 Å². The third kappa shape index (κ3) is 3.40. The van der Waals surface area contributed by atoms with E-state index in [1.54, 1.807) is 41.3 Å². The summed E-state index contributed by atoms with van der Waals surface area (Å²) in [5.74, 6) is -0.209. The van der Waals surface area contributed by atoms with Crippen LogP contribution in [-0.2, 0) is 13.6 Å². The van der Waals surface area contributed by atoms with Crippen molar-refractivity contribution in [3.05, 3.63) is 71.1 Å². The normalized spacial score (nSPS) is 10.5. The Hall–Kier alpha value is -2.66. The lowest BCUT2D eigenvalue weighted by Crippen LogP contribution is -2.24. The standard InChI is InChI=1S/C17H15ClN4O/c1-22-13(9-16(21-22)12-5-4-8-19-10-12)11-20-17(23)14-6-2-3-7-15(14)18/h2-10H,11H2,1H3,(H,20,23). The fourth-order valence-corrected chi connectivity index (χ4v) is 2.46. The molecule has 3 rings (SSSR count). The van der Waals surface area contributed by atoms with Crippen LogP contribution in [-0.4, -0.2) is 20.7 Å². The van der Waals surface area contributed by atoms with Gasteiger partial charge in [0.2, 0.25) is 0 Å². The molecule has 2 heterocycles. The van der Waals surface area contributed by atoms with Gasteiger partial charge in [0.05, 0.1) is 28.5 Å². The highest BCUT2D eigenvalue weighted by Crippen LogP contribution is 2.18. The van der Waals surface area contributed by atoms with Gasteiger partial charge in [-0.25, -0.2) is 0 Å². The molecule has 116 valence electrons. The van der Waals surface area contributed by atoms with Gasteiger partial charge >= 0.3 is 0 Å². The highest BCUT2D eigenvalue weighted by atomic mass is 35.5. The molecule has 0 bridgehead atoms. The van der Waals surface area contributed by atoms with Crippen LogP contribution in [0.5, 0.6) is 0 Å². The molecule has 0 fully saturated rings. The lowest BCUT2D eigenvalue weighted by Gasteiger charge is -2.06. The average Bonchev–Trinajstić information content (AvgIpc) is 2.95. The van der Waals surface area contributed by atoms with Gasteiger partial charge in [-0.3, -0.25) is 14.5 Å². The molecule has 0 spiro atoms. The van der Waals surface area contributed by atoms with Gasteiger partial charge in [0.25, 0.3) is 5.91 Å². The zero-order valence-corrected chi connectivity index (χ0v) is 13.3. The first kappa shape index (κ1) is 15.2. The Labute approximate surface area is 138 Å². The number of rotatable bonds is 4. The highest BCUT2D eigenvalue weighted by molar-refractivity contribution is 6.33. The summed E-state index contributed by atoms with van der Waals surface area (Å²) in [4.78, 5) is 16.3. The molecule has 1 amide bonds. The minimum absolute atomic E-state index is 0.209. The van der Waals surface area contributed by atoms with Crippen LogP contribution in [0.3, 0.4) is 0 Å². The van der Waals surface area contributed by atoms with Crippen molar-refractivity contribution >= 4 is 17.5 Å². The summed E-state index contributed by atoms with van der Waals surface area (Å²) in [7, 11) is 1.84. The predicted molar refractivity (Wildman–Crippen MR) is 89.1 cm³/mol. The topological polar surface area (TPSA) is 59.8 Å². The molecule has 0 saturated carbocycles. The Bertz CT molecular complexity index is 830. The molecule has 0 aliphatic carbocycles. The maximum atomic E-state index is 12.2. The van der Waals surface area contributed by atoms with Gasteiger partial charge in [0.1, 0.15) is 0 Å². The zero-order chi connectivity index (χ0) is 16.2. The van der Waals surface area contributed by atoms with Crippen molar-refractivity contribution in [3.8, 4) is 11.3 Å². The van der Waals surface area contributed by atoms with E-state index in [0.29, 0.717) is 17.1 Å². The van der Waals surface area contributed by atoms with Crippen molar-refractivity contribution in [2.75, 3.05) is 0 Å². The molecule has 3 aromatic rings. The van der Waals surface area contributed by atoms with Gasteiger partial charge < -0.3 is 5.32 Å². The number of amides is 1. The molecule has 23 heavy (non-hydrogen) atoms. The number of hydrogen-bond acceptors (Lipinski definition) is 3. The van der Waals surface area contributed by atoms with E-state index in [1.807, 2.05) is 25.2 Å². The molecule has 0 atom stereocenters. The van der Waals surface area contributed by atoms with Crippen LogP contribution in [0.1, 0.15) is 16.1 Å². The summed E-state index contributed by atoms with van der Waals surface area (Å²) >= 11 is 6.03. The quantitative estimate of drug-likeness (QED) is 0.801. The van der Waals surface area contributed by atoms with Crippen molar-refractivity contribution in [1.29, 1.82) is 0 Å². The van der Waals surface area contributed by atoms with Crippen LogP contribution in [0.25, 0.3) is 11.3 Å². The summed E-state index contributed by atoms with van der Waals surface area (Å²) in [5, 5.41) is 7.75. The van der Waals surface area contributed by atoms with E-state index in [4.69, 9.17) is 11.6 Å². The van der Waals surface area contributed by atoms with Crippen molar-refractivity contribution in [3.63, 3.8) is 0 Å². The second kappa shape index (κ2) is 6.62. The lowest BCUT2D eigenvalue weighted by atomic mass is 10.2. The summed E-state index contributed by atoms with van der Waals surface area (Å²) in [6.45, 7) is 0.369. The molecular formula is C17H15ClN4O. The summed E-state index contributed by atoms with van der Waals surface area (Å²) < 4.78 is 1.75. The largest absolute Gasteiger partial charge is 0.346 e. The molecule has 6 heteroatoms. The van der Waals surface area contributed by atoms with Gasteiger partial charge in [-0.05, 0) is 30.3 Å². The van der Waals surface area contributed by atoms with Crippen molar-refractivity contribution < 1.29 is 4.79 Å². The first-order valence-corrected chi connectivity index (χ1v) is 7.49. The van der Waals surface area contributed by atoms with E-state index >= 15 is 0 Å². The van der Waals surface area contributed by atoms with E-state index in [-0.39, 0.29) is 5.91 Å². The van der Waals surface area contributed by atoms with E-state index in [2.05, 4.69) is 15.4 Å². The smallest absolute Gasteiger partial charge is 0.253 e. The third-order valence-corrected chi connectivity index (χ3v) is 3.81. The Morgan fingerprint density at radius 1 is 1.26 bits per heavy atom. The number of benzene rings is 1. The maximum Gasteiger partial charge on any atom is 0.253 e. The number of aryl methyl sites for hydroxylation is 1. The third-order valence-electron chi connectivity index (χ3n) is 3.48. The van der Waals surface area contributed by atoms with Gasteiger partial charge in [-0.2, -0.15) is 5.10 Å². The second-order valence-corrected chi connectivity index (χ2v) is 5.46. The first-order valence-electron chi connectivity index (χ1n) is 7.11. The molecule has 0 aliphatic rings. The second-order valence-electron chi connectivity index (χ2n) is 5.05. The zero-order valence-electron chi connectivity index (χ0n) is 12.5. The molecule has 1 N–H and O–H groups in total. The number of pyridine rings is 1. The monoisotopic (exact) mass is 326 g/mol. The van der Waals surface area contributed by atoms with Crippen LogP contribution in [0, 0.1) is 0 Å². The average molecular weight is 327 g/mol. The SMILES string of the molecule is Cn1nc(-c2cccnc2)cc1CNC(=O)c1ccccc1Cl. The molecular weight excluding hydrogens is 312 g/mol. The van der Waals surface area contributed by atoms with E-state index in [1.165, 1.54) is 0 Å². The van der Waals surface area contributed by atoms with Crippen LogP contribution in [0.4, 0.5) is 0 Å². The van der Waals surface area contributed by atoms with Gasteiger partial charge in [-0.1, -0.05) is 23.7 Å². The van der Waals surface area contributed by atoms with Crippen LogP contribution in [0.2, 0.25) is 5.02 Å². The van der Waals surface area contributed by atoms with Crippen LogP contribution < -0.4 is 5.32 Å². The number of aromatic nitrogens is 3. The number of carbonyl (C=O) groups excluding carboxylic acids is 1. The van der Waals surface area contributed by atoms with Crippen molar-refractivity contribution in [1.82, 2.24) is 20.1 Å². The number of hydrogen-bond donors (Lipinski definition) is 1. The highest BCUT2D eigenvalue weighted by Gasteiger charge is 2.11. The van der Waals surface area contributed by atoms with E-state index in [9.17, 15) is 4.79 Å². The predicted octanol–water partition coefficient (Wildman–Crippen LogP) is 3.07. The van der Waals surface area contributed by atoms with Gasteiger partial charge in [0, 0.05) is 25.0 Å². The fourth-order valence-electron chi connectivity index (χ4n) is 2.24. The summed E-state index contributed by atoms with van der Waals surface area (Å²) in [6.07, 6.45) is 3.48. The number of nitrogens with one attached hydrogen (secondary N) is 1. The molecule has 0 saturated heterocycles. The van der Waals surface area contributed by atoms with Crippen molar-refractivity contribution in [2.24, 2.45) is 7.05 Å². The number of carbonyl (C=O) groups is 1. The number of halogens is 1. The molecule has 2 aromatic heterocycles. The maximum absolute atomic E-state index is 12.2. The Morgan fingerprint density at radius 3 is 2.83 bits per heavy atom. The lowest BCUT2D eigenvalue weighted by molar-refractivity contribution is 0.0950. The van der Waals surface area contributed by atoms with Gasteiger partial charge in [0.15, 0.2) is 0 Å². The molecule has 0 radical (unpaired) electrons. The van der Waals surface area contributed by atoms with Crippen LogP contribution >= 0.6 is 11.6 Å². The van der Waals surface area contributed by atoms with Crippen molar-refractivity contribution in [2.45, 2.75) is 6.54 Å². The molecule has 0 aliphatic heterocycles. The molecule has 1 aromatic carbocycles. The number of nitrogens with zero attached hydrogens (tertiary/aromatic N) is 3. The minimum Gasteiger partial charge on any atom is -0.346 e. The summed E-state index contributed by atoms with van der Waals surface area (Å²) in [6, 6.07) is 12.7. The van der Waals surface area contributed by atoms with E-state index < -0.39 is 0 Å². The van der Waals surface area contributed by atoms with Gasteiger partial charge in [-0.15, -0.1) is 0 Å². The Morgan fingerprint density at radius 2 is 2.09 bits per heavy atom. The Kier molecular flexibility index (Phi) is 4.39. The summed E-state index contributed by atoms with van der Waals surface area (Å²) in [5.41, 5.74) is 3.11. The Balaban J connectivity index is 1.73.